The maximum Gasteiger partial charge on any atom is 0.250 e. The molecule has 114 valence electrons. The highest BCUT2D eigenvalue weighted by Crippen LogP contribution is 2.32. The summed E-state index contributed by atoms with van der Waals surface area (Å²) in [5.41, 5.74) is -0.428. The van der Waals surface area contributed by atoms with Crippen LogP contribution in [-0.4, -0.2) is 14.0 Å². The van der Waals surface area contributed by atoms with E-state index in [1.54, 1.807) is 20.8 Å². The zero-order valence-corrected chi connectivity index (χ0v) is 13.4. The molecule has 0 aliphatic rings. The van der Waals surface area contributed by atoms with Crippen LogP contribution in [0, 0.1) is 11.6 Å². The van der Waals surface area contributed by atoms with Gasteiger partial charge in [-0.3, -0.25) is 0 Å². The first kappa shape index (κ1) is 16.1. The molecule has 0 amide bonds. The molecule has 21 heavy (non-hydrogen) atoms. The van der Waals surface area contributed by atoms with Crippen molar-refractivity contribution in [2.75, 3.05) is 0 Å². The van der Waals surface area contributed by atoms with E-state index in [0.29, 0.717) is 4.88 Å². The predicted octanol–water partition coefficient (Wildman–Crippen LogP) is 3.77. The maximum atomic E-state index is 13.7. The summed E-state index contributed by atoms with van der Waals surface area (Å²) in [5.74, 6) is -1.39. The summed E-state index contributed by atoms with van der Waals surface area (Å²) in [7, 11) is -3.65. The lowest BCUT2D eigenvalue weighted by Crippen LogP contribution is -2.40. The third-order valence-electron chi connectivity index (χ3n) is 2.48. The second-order valence-corrected chi connectivity index (χ2v) is 8.59. The highest BCUT2D eigenvalue weighted by molar-refractivity contribution is 7.91. The summed E-state index contributed by atoms with van der Waals surface area (Å²) in [5, 5.41) is 0. The molecule has 0 spiro atoms. The molecule has 0 saturated heterocycles. The normalized spacial score (nSPS) is 12.6. The summed E-state index contributed by atoms with van der Waals surface area (Å²) in [4.78, 5) is 0.432. The molecular formula is C14H15F2NO2S2. The maximum absolute atomic E-state index is 13.7. The van der Waals surface area contributed by atoms with Crippen molar-refractivity contribution in [3.8, 4) is 10.4 Å². The van der Waals surface area contributed by atoms with E-state index >= 15 is 0 Å². The fourth-order valence-corrected chi connectivity index (χ4v) is 4.50. The predicted molar refractivity (Wildman–Crippen MR) is 79.7 cm³/mol. The minimum absolute atomic E-state index is 0.0937. The molecule has 0 aliphatic heterocycles. The van der Waals surface area contributed by atoms with E-state index in [1.165, 1.54) is 18.2 Å². The topological polar surface area (TPSA) is 46.2 Å². The molecule has 0 bridgehead atoms. The van der Waals surface area contributed by atoms with Gasteiger partial charge in [-0.05, 0) is 45.0 Å². The summed E-state index contributed by atoms with van der Waals surface area (Å²) in [6, 6.07) is 6.13. The number of hydrogen-bond donors (Lipinski definition) is 1. The van der Waals surface area contributed by atoms with Crippen LogP contribution in [0.1, 0.15) is 20.8 Å². The van der Waals surface area contributed by atoms with E-state index in [0.717, 1.165) is 23.5 Å². The van der Waals surface area contributed by atoms with Crippen molar-refractivity contribution in [1.82, 2.24) is 4.72 Å². The van der Waals surface area contributed by atoms with Crippen molar-refractivity contribution in [2.45, 2.75) is 30.5 Å². The van der Waals surface area contributed by atoms with Gasteiger partial charge in [0.15, 0.2) is 0 Å². The van der Waals surface area contributed by atoms with Gasteiger partial charge in [-0.25, -0.2) is 21.9 Å². The molecule has 0 aliphatic carbocycles. The smallest absolute Gasteiger partial charge is 0.207 e. The molecule has 3 nitrogen and oxygen atoms in total. The van der Waals surface area contributed by atoms with Crippen molar-refractivity contribution >= 4 is 21.4 Å². The van der Waals surface area contributed by atoms with Crippen molar-refractivity contribution in [3.63, 3.8) is 0 Å². The number of halogens is 2. The Morgan fingerprint density at radius 3 is 2.33 bits per heavy atom. The first-order chi connectivity index (χ1) is 9.58. The van der Waals surface area contributed by atoms with Crippen molar-refractivity contribution in [1.29, 1.82) is 0 Å². The fraction of sp³-hybridized carbons (Fsp3) is 0.286. The molecule has 2 rings (SSSR count). The Morgan fingerprint density at radius 1 is 1.10 bits per heavy atom. The van der Waals surface area contributed by atoms with Gasteiger partial charge in [0.2, 0.25) is 0 Å². The average Bonchev–Trinajstić information content (AvgIpc) is 2.75. The van der Waals surface area contributed by atoms with E-state index in [9.17, 15) is 17.2 Å². The molecule has 0 fully saturated rings. The van der Waals surface area contributed by atoms with E-state index in [1.807, 2.05) is 0 Å². The number of hydrogen-bond acceptors (Lipinski definition) is 3. The van der Waals surface area contributed by atoms with Crippen LogP contribution in [0.25, 0.3) is 10.4 Å². The molecule has 0 unspecified atom stereocenters. The number of benzene rings is 1. The van der Waals surface area contributed by atoms with E-state index in [-0.39, 0.29) is 9.77 Å². The van der Waals surface area contributed by atoms with Crippen LogP contribution in [0.4, 0.5) is 8.78 Å². The average molecular weight is 331 g/mol. The zero-order chi connectivity index (χ0) is 15.8. The Bertz CT molecular complexity index is 762. The van der Waals surface area contributed by atoms with Crippen LogP contribution in [-0.2, 0) is 10.0 Å². The van der Waals surface area contributed by atoms with Crippen molar-refractivity contribution in [3.05, 3.63) is 42.0 Å². The van der Waals surface area contributed by atoms with Crippen LogP contribution in [0.5, 0.6) is 0 Å². The monoisotopic (exact) mass is 331 g/mol. The minimum Gasteiger partial charge on any atom is -0.207 e. The number of rotatable bonds is 3. The number of nitrogens with one attached hydrogen (secondary N) is 1. The lowest BCUT2D eigenvalue weighted by Gasteiger charge is -2.19. The van der Waals surface area contributed by atoms with Gasteiger partial charge in [0.05, 0.1) is 0 Å². The van der Waals surface area contributed by atoms with Gasteiger partial charge >= 0.3 is 0 Å². The van der Waals surface area contributed by atoms with Crippen LogP contribution in [0.15, 0.2) is 34.5 Å². The van der Waals surface area contributed by atoms with Gasteiger partial charge in [-0.15, -0.1) is 11.3 Å². The molecule has 0 saturated carbocycles. The van der Waals surface area contributed by atoms with Gasteiger partial charge in [-0.1, -0.05) is 0 Å². The quantitative estimate of drug-likeness (QED) is 0.930. The van der Waals surface area contributed by atoms with Crippen LogP contribution in [0.2, 0.25) is 0 Å². The third kappa shape index (κ3) is 3.87. The van der Waals surface area contributed by atoms with Crippen LogP contribution >= 0.6 is 11.3 Å². The highest BCUT2D eigenvalue weighted by Gasteiger charge is 2.24. The highest BCUT2D eigenvalue weighted by atomic mass is 32.2. The largest absolute Gasteiger partial charge is 0.250 e. The van der Waals surface area contributed by atoms with Gasteiger partial charge in [0, 0.05) is 22.0 Å². The second kappa shape index (κ2) is 5.47. The fourth-order valence-electron chi connectivity index (χ4n) is 1.75. The summed E-state index contributed by atoms with van der Waals surface area (Å²) < 4.78 is 53.6. The molecule has 1 heterocycles. The van der Waals surface area contributed by atoms with Gasteiger partial charge in [0.25, 0.3) is 10.0 Å². The standard InChI is InChI=1S/C14H15F2NO2S2/c1-14(2,3)17-21(18,19)13-7-6-12(20-13)10-5-4-9(15)8-11(10)16/h4-8,17H,1-3H3. The number of sulfonamides is 1. The summed E-state index contributed by atoms with van der Waals surface area (Å²) >= 11 is 0.941. The Morgan fingerprint density at radius 2 is 1.76 bits per heavy atom. The molecule has 0 radical (unpaired) electrons. The Kier molecular flexibility index (Phi) is 4.19. The van der Waals surface area contributed by atoms with Gasteiger partial charge in [0.1, 0.15) is 15.8 Å². The molecule has 7 heteroatoms. The first-order valence-electron chi connectivity index (χ1n) is 6.18. The summed E-state index contributed by atoms with van der Waals surface area (Å²) in [6.07, 6.45) is 0. The molecule has 1 N–H and O–H groups in total. The van der Waals surface area contributed by atoms with Gasteiger partial charge in [-0.2, -0.15) is 0 Å². The lowest BCUT2D eigenvalue weighted by atomic mass is 10.1. The molecule has 2 aromatic rings. The van der Waals surface area contributed by atoms with E-state index in [4.69, 9.17) is 0 Å². The number of thiophene rings is 1. The Balaban J connectivity index is 2.38. The third-order valence-corrected chi connectivity index (χ3v) is 5.85. The molecule has 0 atom stereocenters. The molecular weight excluding hydrogens is 316 g/mol. The lowest BCUT2D eigenvalue weighted by molar-refractivity contribution is 0.492. The first-order valence-corrected chi connectivity index (χ1v) is 8.48. The van der Waals surface area contributed by atoms with Crippen molar-refractivity contribution < 1.29 is 17.2 Å². The van der Waals surface area contributed by atoms with E-state index in [2.05, 4.69) is 4.72 Å². The van der Waals surface area contributed by atoms with E-state index < -0.39 is 27.2 Å². The van der Waals surface area contributed by atoms with Gasteiger partial charge < -0.3 is 0 Å². The Labute approximate surface area is 126 Å². The second-order valence-electron chi connectivity index (χ2n) is 5.60. The molecule has 1 aromatic heterocycles. The Hall–Kier alpha value is -1.31. The SMILES string of the molecule is CC(C)(C)NS(=O)(=O)c1ccc(-c2ccc(F)cc2F)s1. The molecule has 1 aromatic carbocycles. The summed E-state index contributed by atoms with van der Waals surface area (Å²) in [6.45, 7) is 5.20. The minimum atomic E-state index is -3.65. The van der Waals surface area contributed by atoms with Crippen LogP contribution in [0.3, 0.4) is 0 Å². The van der Waals surface area contributed by atoms with Crippen molar-refractivity contribution in [2.24, 2.45) is 0 Å². The zero-order valence-electron chi connectivity index (χ0n) is 11.8. The van der Waals surface area contributed by atoms with Crippen LogP contribution < -0.4 is 4.72 Å².